The van der Waals surface area contributed by atoms with Crippen LogP contribution in [0.4, 0.5) is 0 Å². The second-order valence-electron chi connectivity index (χ2n) is 2.43. The van der Waals surface area contributed by atoms with E-state index in [0.29, 0.717) is 13.0 Å². The second-order valence-corrected chi connectivity index (χ2v) is 4.24. The Morgan fingerprint density at radius 2 is 2.14 bits per heavy atom. The third-order valence-electron chi connectivity index (χ3n) is 1.14. The predicted molar refractivity (Wildman–Crippen MR) is 47.0 cm³/mol. The van der Waals surface area contributed by atoms with E-state index in [1.807, 2.05) is 0 Å². The van der Waals surface area contributed by atoms with Gasteiger partial charge < -0.3 is 9.84 Å². The molecular formula is C6H13NO6S. The zero-order valence-electron chi connectivity index (χ0n) is 7.73. The van der Waals surface area contributed by atoms with Crippen LogP contribution in [0.25, 0.3) is 0 Å². The molecule has 0 saturated heterocycles. The maximum atomic E-state index is 11.0. The lowest BCUT2D eigenvalue weighted by Gasteiger charge is -2.04. The normalized spacial score (nSPS) is 11.5. The van der Waals surface area contributed by atoms with Gasteiger partial charge in [0.05, 0.1) is 5.75 Å². The summed E-state index contributed by atoms with van der Waals surface area (Å²) in [7, 11) is -2.11. The van der Waals surface area contributed by atoms with Gasteiger partial charge >= 0.3 is 5.97 Å². The quantitative estimate of drug-likeness (QED) is 0.405. The topological polar surface area (TPSA) is 102 Å². The number of hydrogen-bond acceptors (Lipinski definition) is 5. The molecule has 0 heterocycles. The number of carboxylic acids is 1. The van der Waals surface area contributed by atoms with Crippen molar-refractivity contribution in [1.82, 2.24) is 4.89 Å². The number of aliphatic carboxylic acids is 1. The van der Waals surface area contributed by atoms with E-state index >= 15 is 0 Å². The molecule has 0 spiro atoms. The monoisotopic (exact) mass is 227 g/mol. The molecule has 0 saturated carbocycles. The van der Waals surface area contributed by atoms with Crippen LogP contribution >= 0.6 is 0 Å². The smallest absolute Gasteiger partial charge is 0.331 e. The molecule has 8 heteroatoms. The number of methoxy groups -OCH3 is 1. The summed E-state index contributed by atoms with van der Waals surface area (Å²) in [6.07, 6.45) is 0.322. The summed E-state index contributed by atoms with van der Waals surface area (Å²) in [5.74, 6) is -1.41. The first-order valence-corrected chi connectivity index (χ1v) is 5.45. The van der Waals surface area contributed by atoms with Crippen LogP contribution in [0.1, 0.15) is 6.42 Å². The highest BCUT2D eigenvalue weighted by Crippen LogP contribution is 1.90. The van der Waals surface area contributed by atoms with Gasteiger partial charge in [0.15, 0.2) is 6.61 Å². The van der Waals surface area contributed by atoms with Crippen LogP contribution in [-0.2, 0) is 24.4 Å². The fourth-order valence-corrected chi connectivity index (χ4v) is 1.44. The minimum Gasteiger partial charge on any atom is -0.479 e. The Balaban J connectivity index is 3.67. The molecule has 0 aromatic rings. The van der Waals surface area contributed by atoms with E-state index in [0.717, 1.165) is 0 Å². The van der Waals surface area contributed by atoms with Gasteiger partial charge in [0.2, 0.25) is 10.0 Å². The van der Waals surface area contributed by atoms with Gasteiger partial charge in [-0.05, 0) is 6.42 Å². The number of hydrogen-bond donors (Lipinski definition) is 2. The Bertz CT molecular complexity index is 261. The highest BCUT2D eigenvalue weighted by atomic mass is 32.2. The molecule has 0 aromatic carbocycles. The molecule has 0 radical (unpaired) electrons. The molecule has 0 amide bonds. The highest BCUT2D eigenvalue weighted by molar-refractivity contribution is 7.89. The molecule has 0 rings (SSSR count). The molecule has 0 fully saturated rings. The highest BCUT2D eigenvalue weighted by Gasteiger charge is 2.10. The van der Waals surface area contributed by atoms with E-state index in [2.05, 4.69) is 9.57 Å². The Hall–Kier alpha value is -0.700. The zero-order chi connectivity index (χ0) is 11.0. The summed E-state index contributed by atoms with van der Waals surface area (Å²) < 4.78 is 26.7. The van der Waals surface area contributed by atoms with Crippen LogP contribution in [0.5, 0.6) is 0 Å². The fraction of sp³-hybridized carbons (Fsp3) is 0.833. The van der Waals surface area contributed by atoms with Crippen LogP contribution in [0.3, 0.4) is 0 Å². The van der Waals surface area contributed by atoms with Gasteiger partial charge in [0.1, 0.15) is 0 Å². The maximum absolute atomic E-state index is 11.0. The fourth-order valence-electron chi connectivity index (χ4n) is 0.616. The zero-order valence-corrected chi connectivity index (χ0v) is 8.54. The van der Waals surface area contributed by atoms with Gasteiger partial charge in [0.25, 0.3) is 0 Å². The van der Waals surface area contributed by atoms with Crippen molar-refractivity contribution < 1.29 is 27.9 Å². The molecule has 0 atom stereocenters. The van der Waals surface area contributed by atoms with Crippen LogP contribution in [0, 0.1) is 0 Å². The van der Waals surface area contributed by atoms with Crippen molar-refractivity contribution in [3.8, 4) is 0 Å². The summed E-state index contributed by atoms with van der Waals surface area (Å²) in [5.41, 5.74) is 0. The number of ether oxygens (including phenoxy) is 1. The standard InChI is InChI=1S/C6H13NO6S/c1-12-3-2-4-14(10,11)7-13-5-6(8)9/h7H,2-5H2,1H3,(H,8,9). The Morgan fingerprint density at radius 3 is 2.64 bits per heavy atom. The molecular weight excluding hydrogens is 214 g/mol. The van der Waals surface area contributed by atoms with Crippen molar-refractivity contribution in [2.24, 2.45) is 0 Å². The molecule has 2 N–H and O–H groups in total. The summed E-state index contributed by atoms with van der Waals surface area (Å²) in [4.78, 5) is 15.9. The summed E-state index contributed by atoms with van der Waals surface area (Å²) >= 11 is 0. The minimum atomic E-state index is -3.57. The van der Waals surface area contributed by atoms with Crippen LogP contribution in [-0.4, -0.2) is 45.6 Å². The van der Waals surface area contributed by atoms with E-state index in [-0.39, 0.29) is 5.75 Å². The van der Waals surface area contributed by atoms with Gasteiger partial charge in [-0.3, -0.25) is 4.84 Å². The first kappa shape index (κ1) is 13.3. The van der Waals surface area contributed by atoms with Gasteiger partial charge in [-0.2, -0.15) is 0 Å². The number of rotatable bonds is 8. The largest absolute Gasteiger partial charge is 0.479 e. The first-order chi connectivity index (χ1) is 6.48. The Morgan fingerprint density at radius 1 is 1.50 bits per heavy atom. The molecule has 0 aliphatic heterocycles. The van der Waals surface area contributed by atoms with Crippen LogP contribution in [0.15, 0.2) is 0 Å². The number of carbonyl (C=O) groups is 1. The predicted octanol–water partition coefficient (Wildman–Crippen LogP) is -1.04. The third kappa shape index (κ3) is 7.92. The summed E-state index contributed by atoms with van der Waals surface area (Å²) in [6.45, 7) is -0.386. The van der Waals surface area contributed by atoms with Crippen molar-refractivity contribution in [2.45, 2.75) is 6.42 Å². The molecule has 0 unspecified atom stereocenters. The van der Waals surface area contributed by atoms with Crippen molar-refractivity contribution in [3.05, 3.63) is 0 Å². The SMILES string of the molecule is COCCCS(=O)(=O)NOCC(=O)O. The number of sulfonamides is 1. The minimum absolute atomic E-state index is 0.166. The molecule has 14 heavy (non-hydrogen) atoms. The average molecular weight is 227 g/mol. The first-order valence-electron chi connectivity index (χ1n) is 3.80. The van der Waals surface area contributed by atoms with E-state index in [4.69, 9.17) is 5.11 Å². The molecule has 0 aliphatic carbocycles. The summed E-state index contributed by atoms with van der Waals surface area (Å²) in [6, 6.07) is 0. The number of carboxylic acid groups (broad SMARTS) is 1. The maximum Gasteiger partial charge on any atom is 0.331 e. The van der Waals surface area contributed by atoms with Crippen molar-refractivity contribution >= 4 is 16.0 Å². The summed E-state index contributed by atoms with van der Waals surface area (Å²) in [5, 5.41) is 8.14. The third-order valence-corrected chi connectivity index (χ3v) is 2.34. The van der Waals surface area contributed by atoms with Gasteiger partial charge in [-0.25, -0.2) is 13.2 Å². The lowest BCUT2D eigenvalue weighted by molar-refractivity contribution is -0.143. The second kappa shape index (κ2) is 6.71. The number of nitrogens with one attached hydrogen (secondary N) is 1. The van der Waals surface area contributed by atoms with Gasteiger partial charge in [-0.15, -0.1) is 0 Å². The van der Waals surface area contributed by atoms with E-state index in [1.165, 1.54) is 7.11 Å². The van der Waals surface area contributed by atoms with Crippen molar-refractivity contribution in [3.63, 3.8) is 0 Å². The lowest BCUT2D eigenvalue weighted by atomic mass is 10.5. The van der Waals surface area contributed by atoms with Crippen molar-refractivity contribution in [2.75, 3.05) is 26.1 Å². The van der Waals surface area contributed by atoms with Crippen molar-refractivity contribution in [1.29, 1.82) is 0 Å². The Kier molecular flexibility index (Phi) is 6.37. The lowest BCUT2D eigenvalue weighted by Crippen LogP contribution is -2.29. The van der Waals surface area contributed by atoms with Crippen LogP contribution < -0.4 is 4.89 Å². The van der Waals surface area contributed by atoms with E-state index < -0.39 is 22.6 Å². The molecule has 7 nitrogen and oxygen atoms in total. The average Bonchev–Trinajstić information content (AvgIpc) is 2.03. The molecule has 0 aromatic heterocycles. The molecule has 0 aliphatic rings. The molecule has 84 valence electrons. The van der Waals surface area contributed by atoms with Gasteiger partial charge in [-0.1, -0.05) is 4.89 Å². The van der Waals surface area contributed by atoms with E-state index in [1.54, 1.807) is 4.89 Å². The van der Waals surface area contributed by atoms with Crippen LogP contribution in [0.2, 0.25) is 0 Å². The van der Waals surface area contributed by atoms with E-state index in [9.17, 15) is 13.2 Å². The molecule has 0 bridgehead atoms. The Labute approximate surface area is 82.0 Å². The van der Waals surface area contributed by atoms with Gasteiger partial charge in [0, 0.05) is 13.7 Å².